The van der Waals surface area contributed by atoms with Crippen molar-refractivity contribution in [2.24, 2.45) is 4.99 Å². The van der Waals surface area contributed by atoms with Crippen LogP contribution in [0, 0.1) is 6.92 Å². The Morgan fingerprint density at radius 1 is 0.882 bits per heavy atom. The van der Waals surface area contributed by atoms with Crippen LogP contribution in [-0.4, -0.2) is 11.4 Å². The van der Waals surface area contributed by atoms with Gasteiger partial charge >= 0.3 is 0 Å². The molecule has 0 amide bonds. The number of halogens is 1. The molecule has 4 aromatic carbocycles. The quantitative estimate of drug-likeness (QED) is 0.260. The smallest absolute Gasteiger partial charge is 0.144 e. The molecule has 1 aromatic heterocycles. The molecule has 2 nitrogen and oxygen atoms in total. The molecule has 0 bridgehead atoms. The summed E-state index contributed by atoms with van der Waals surface area (Å²) in [5.41, 5.74) is 7.50. The lowest BCUT2D eigenvalue weighted by Crippen LogP contribution is -2.25. The van der Waals surface area contributed by atoms with Gasteiger partial charge < -0.3 is 4.42 Å². The highest BCUT2D eigenvalue weighted by molar-refractivity contribution is 6.30. The van der Waals surface area contributed by atoms with E-state index in [-0.39, 0.29) is 0 Å². The van der Waals surface area contributed by atoms with Crippen molar-refractivity contribution in [1.29, 1.82) is 0 Å². The molecule has 5 aromatic rings. The van der Waals surface area contributed by atoms with Gasteiger partial charge in [-0.05, 0) is 86.2 Å². The molecule has 7 rings (SSSR count). The largest absolute Gasteiger partial charge is 0.455 e. The van der Waals surface area contributed by atoms with Crippen molar-refractivity contribution >= 4 is 44.1 Å². The zero-order valence-electron chi connectivity index (χ0n) is 19.5. The molecule has 2 heterocycles. The van der Waals surface area contributed by atoms with Gasteiger partial charge in [-0.2, -0.15) is 0 Å². The predicted molar refractivity (Wildman–Crippen MR) is 138 cm³/mol. The van der Waals surface area contributed by atoms with Crippen molar-refractivity contribution in [3.8, 4) is 0 Å². The molecule has 1 aliphatic heterocycles. The molecule has 1 fully saturated rings. The molecule has 0 N–H and O–H groups in total. The molecule has 0 saturated heterocycles. The summed E-state index contributed by atoms with van der Waals surface area (Å²) in [6.07, 6.45) is 3.07. The van der Waals surface area contributed by atoms with Crippen LogP contribution in [-0.2, 0) is 0 Å². The van der Waals surface area contributed by atoms with E-state index >= 15 is 0 Å². The lowest BCUT2D eigenvalue weighted by Gasteiger charge is -2.32. The van der Waals surface area contributed by atoms with Crippen LogP contribution in [0.25, 0.3) is 32.7 Å². The van der Waals surface area contributed by atoms with E-state index in [9.17, 15) is 4.39 Å². The first kappa shape index (κ1) is 20.0. The maximum absolute atomic E-state index is 14.5. The number of furan rings is 1. The van der Waals surface area contributed by atoms with Crippen molar-refractivity contribution in [3.63, 3.8) is 0 Å². The second-order valence-electron chi connectivity index (χ2n) is 10.3. The normalized spacial score (nSPS) is 22.1. The fourth-order valence-corrected chi connectivity index (χ4v) is 6.12. The number of alkyl halides is 1. The van der Waals surface area contributed by atoms with Gasteiger partial charge in [0.2, 0.25) is 0 Å². The lowest BCUT2D eigenvalue weighted by atomic mass is 9.76. The van der Waals surface area contributed by atoms with Crippen LogP contribution in [0.15, 0.2) is 76.1 Å². The van der Waals surface area contributed by atoms with E-state index in [1.165, 1.54) is 21.9 Å². The molecule has 2 aliphatic rings. The third kappa shape index (κ3) is 2.89. The molecule has 34 heavy (non-hydrogen) atoms. The molecule has 0 radical (unpaired) electrons. The van der Waals surface area contributed by atoms with E-state index in [1.54, 1.807) is 6.92 Å². The number of hydrogen-bond donors (Lipinski definition) is 0. The Bertz CT molecular complexity index is 1650. The third-order valence-electron chi connectivity index (χ3n) is 7.89. The monoisotopic (exact) mass is 447 g/mol. The topological polar surface area (TPSA) is 25.5 Å². The van der Waals surface area contributed by atoms with E-state index in [0.717, 1.165) is 57.3 Å². The van der Waals surface area contributed by atoms with Crippen LogP contribution < -0.4 is 0 Å². The minimum Gasteiger partial charge on any atom is -0.455 e. The zero-order chi connectivity index (χ0) is 23.0. The molecular weight excluding hydrogens is 421 g/mol. The number of aryl methyl sites for hydroxylation is 1. The molecule has 1 saturated carbocycles. The Balaban J connectivity index is 1.41. The first-order chi connectivity index (χ1) is 16.5. The van der Waals surface area contributed by atoms with Gasteiger partial charge in [0, 0.05) is 27.3 Å². The Morgan fingerprint density at radius 3 is 2.53 bits per heavy atom. The maximum atomic E-state index is 14.5. The number of rotatable bonds is 2. The Hall–Kier alpha value is -3.46. The van der Waals surface area contributed by atoms with E-state index in [0.29, 0.717) is 18.8 Å². The number of aliphatic imine (C=N–C) groups is 1. The molecular formula is C31H26FNO. The summed E-state index contributed by atoms with van der Waals surface area (Å²) in [6.45, 7) is 3.88. The standard InChI is InChI=1S/C31H26FNO/c1-18-16-24-21-6-3-4-9-27(21)34-30(24)25(17-18)29-23-11-10-20(19-12-14-31(2,32)15-13-19)22-7-5-8-26(33-29)28(22)23/h3-11,16-17,19H,12-15H2,1-2H3. The van der Waals surface area contributed by atoms with Crippen molar-refractivity contribution < 1.29 is 8.81 Å². The Kier molecular flexibility index (Phi) is 4.12. The molecule has 3 heteroatoms. The summed E-state index contributed by atoms with van der Waals surface area (Å²) in [5, 5.41) is 4.74. The Morgan fingerprint density at radius 2 is 1.68 bits per heavy atom. The molecule has 168 valence electrons. The molecule has 0 atom stereocenters. The Labute approximate surface area is 198 Å². The molecule has 1 aliphatic carbocycles. The fourth-order valence-electron chi connectivity index (χ4n) is 6.12. The first-order valence-corrected chi connectivity index (χ1v) is 12.2. The maximum Gasteiger partial charge on any atom is 0.144 e. The van der Waals surface area contributed by atoms with Crippen molar-refractivity contribution in [3.05, 3.63) is 89.0 Å². The second-order valence-corrected chi connectivity index (χ2v) is 10.3. The lowest BCUT2D eigenvalue weighted by molar-refractivity contribution is 0.120. The van der Waals surface area contributed by atoms with E-state index < -0.39 is 5.67 Å². The van der Waals surface area contributed by atoms with Crippen LogP contribution in [0.3, 0.4) is 0 Å². The van der Waals surface area contributed by atoms with Crippen LogP contribution >= 0.6 is 0 Å². The summed E-state index contributed by atoms with van der Waals surface area (Å²) in [7, 11) is 0. The summed E-state index contributed by atoms with van der Waals surface area (Å²) in [4.78, 5) is 5.13. The van der Waals surface area contributed by atoms with Gasteiger partial charge in [0.25, 0.3) is 0 Å². The number of fused-ring (bicyclic) bond motifs is 3. The van der Waals surface area contributed by atoms with Crippen LogP contribution in [0.5, 0.6) is 0 Å². The zero-order valence-corrected chi connectivity index (χ0v) is 19.5. The fraction of sp³-hybridized carbons (Fsp3) is 0.258. The van der Waals surface area contributed by atoms with E-state index in [2.05, 4.69) is 61.5 Å². The van der Waals surface area contributed by atoms with Crippen molar-refractivity contribution in [2.75, 3.05) is 0 Å². The average Bonchev–Trinajstić information content (AvgIpc) is 3.39. The van der Waals surface area contributed by atoms with Gasteiger partial charge in [0.1, 0.15) is 16.8 Å². The van der Waals surface area contributed by atoms with Gasteiger partial charge in [-0.15, -0.1) is 0 Å². The number of para-hydroxylation sites is 1. The van der Waals surface area contributed by atoms with Crippen LogP contribution in [0.4, 0.5) is 10.1 Å². The summed E-state index contributed by atoms with van der Waals surface area (Å²) in [6, 6.07) is 23.5. The van der Waals surface area contributed by atoms with Crippen molar-refractivity contribution in [2.45, 2.75) is 51.1 Å². The van der Waals surface area contributed by atoms with Gasteiger partial charge in [-0.1, -0.05) is 42.5 Å². The van der Waals surface area contributed by atoms with E-state index in [1.807, 2.05) is 12.1 Å². The number of nitrogens with zero attached hydrogens (tertiary/aromatic N) is 1. The van der Waals surface area contributed by atoms with Gasteiger partial charge in [-0.25, -0.2) is 9.38 Å². The second kappa shape index (κ2) is 7.02. The average molecular weight is 448 g/mol. The number of hydrogen-bond acceptors (Lipinski definition) is 2. The third-order valence-corrected chi connectivity index (χ3v) is 7.89. The van der Waals surface area contributed by atoms with Gasteiger partial charge in [0.05, 0.1) is 11.4 Å². The van der Waals surface area contributed by atoms with Crippen LogP contribution in [0.1, 0.15) is 60.8 Å². The highest BCUT2D eigenvalue weighted by Gasteiger charge is 2.33. The van der Waals surface area contributed by atoms with Crippen molar-refractivity contribution in [1.82, 2.24) is 0 Å². The number of benzene rings is 4. The summed E-state index contributed by atoms with van der Waals surface area (Å²) in [5.74, 6) is 0.401. The minimum absolute atomic E-state index is 0.401. The molecule has 0 spiro atoms. The molecule has 0 unspecified atom stereocenters. The van der Waals surface area contributed by atoms with E-state index in [4.69, 9.17) is 9.41 Å². The highest BCUT2D eigenvalue weighted by Crippen LogP contribution is 2.46. The first-order valence-electron chi connectivity index (χ1n) is 12.2. The van der Waals surface area contributed by atoms with Gasteiger partial charge in [-0.3, -0.25) is 0 Å². The highest BCUT2D eigenvalue weighted by atomic mass is 19.1. The SMILES string of the molecule is Cc1cc(C2=Nc3cccc4c(C5CCC(C)(F)CC5)ccc2c34)c2oc3ccccc3c2c1. The predicted octanol–water partition coefficient (Wildman–Crippen LogP) is 8.92. The summed E-state index contributed by atoms with van der Waals surface area (Å²) >= 11 is 0. The summed E-state index contributed by atoms with van der Waals surface area (Å²) < 4.78 is 20.8. The van der Waals surface area contributed by atoms with Crippen LogP contribution in [0.2, 0.25) is 0 Å². The minimum atomic E-state index is -1.02. The van der Waals surface area contributed by atoms with Gasteiger partial charge in [0.15, 0.2) is 0 Å².